The molecule has 1 aliphatic rings. The normalized spacial score (nSPS) is 32.9. The lowest BCUT2D eigenvalue weighted by atomic mass is 10.1. The van der Waals surface area contributed by atoms with Crippen molar-refractivity contribution >= 4 is 5.82 Å². The number of aliphatic hydroxyl groups excluding tert-OH is 3. The van der Waals surface area contributed by atoms with E-state index in [9.17, 15) is 20.3 Å². The molecule has 9 nitrogen and oxygen atoms in total. The van der Waals surface area contributed by atoms with Gasteiger partial charge in [-0.05, 0) is 9.91 Å². The molecule has 17 heavy (non-hydrogen) atoms. The van der Waals surface area contributed by atoms with Crippen LogP contribution in [0.25, 0.3) is 0 Å². The zero-order chi connectivity index (χ0) is 12.6. The molecule has 1 aromatic rings. The highest BCUT2D eigenvalue weighted by molar-refractivity contribution is 5.13. The van der Waals surface area contributed by atoms with Crippen LogP contribution < -0.4 is 0 Å². The van der Waals surface area contributed by atoms with Gasteiger partial charge in [-0.1, -0.05) is 0 Å². The van der Waals surface area contributed by atoms with Crippen molar-refractivity contribution in [3.05, 3.63) is 22.6 Å². The summed E-state index contributed by atoms with van der Waals surface area (Å²) in [5.74, 6) is -0.386. The van der Waals surface area contributed by atoms with Gasteiger partial charge in [0.2, 0.25) is 6.33 Å². The van der Waals surface area contributed by atoms with Gasteiger partial charge in [0.05, 0.1) is 6.61 Å². The Hall–Kier alpha value is -1.55. The van der Waals surface area contributed by atoms with E-state index in [0.29, 0.717) is 0 Å². The van der Waals surface area contributed by atoms with Crippen LogP contribution >= 0.6 is 0 Å². The molecule has 3 N–H and O–H groups in total. The lowest BCUT2D eigenvalue weighted by molar-refractivity contribution is -0.389. The Labute approximate surface area is 95.0 Å². The highest BCUT2D eigenvalue weighted by Crippen LogP contribution is 2.29. The first kappa shape index (κ1) is 11.9. The summed E-state index contributed by atoms with van der Waals surface area (Å²) >= 11 is 0. The molecular formula is C8H11N3O6. The summed E-state index contributed by atoms with van der Waals surface area (Å²) in [5, 5.41) is 38.5. The molecular weight excluding hydrogens is 234 g/mol. The fourth-order valence-corrected chi connectivity index (χ4v) is 1.69. The molecule has 9 heteroatoms. The average Bonchev–Trinajstić information content (AvgIpc) is 2.87. The number of aliphatic hydroxyl groups is 3. The van der Waals surface area contributed by atoms with Gasteiger partial charge in [-0.25, -0.2) is 0 Å². The Balaban J connectivity index is 2.19. The highest BCUT2D eigenvalue weighted by Gasteiger charge is 2.43. The minimum Gasteiger partial charge on any atom is -0.394 e. The molecule has 1 saturated heterocycles. The predicted molar refractivity (Wildman–Crippen MR) is 51.9 cm³/mol. The molecule has 94 valence electrons. The molecule has 2 rings (SSSR count). The van der Waals surface area contributed by atoms with Gasteiger partial charge in [0.1, 0.15) is 24.5 Å². The minimum absolute atomic E-state index is 0.386. The van der Waals surface area contributed by atoms with Gasteiger partial charge in [0.15, 0.2) is 6.23 Å². The van der Waals surface area contributed by atoms with Gasteiger partial charge in [0.25, 0.3) is 0 Å². The summed E-state index contributed by atoms with van der Waals surface area (Å²) in [4.78, 5) is 13.2. The zero-order valence-corrected chi connectivity index (χ0v) is 8.58. The number of imidazole rings is 1. The molecule has 0 aliphatic carbocycles. The van der Waals surface area contributed by atoms with Gasteiger partial charge in [-0.3, -0.25) is 4.57 Å². The van der Waals surface area contributed by atoms with Crippen molar-refractivity contribution in [1.29, 1.82) is 0 Å². The summed E-state index contributed by atoms with van der Waals surface area (Å²) in [7, 11) is 0. The third-order valence-corrected chi connectivity index (χ3v) is 2.59. The molecule has 2 heterocycles. The largest absolute Gasteiger partial charge is 0.394 e. The minimum atomic E-state index is -1.28. The Kier molecular flexibility index (Phi) is 3.07. The maximum atomic E-state index is 10.4. The number of hydrogen-bond acceptors (Lipinski definition) is 7. The summed E-state index contributed by atoms with van der Waals surface area (Å²) in [6.07, 6.45) is -2.23. The smallest absolute Gasteiger partial charge is 0.381 e. The van der Waals surface area contributed by atoms with Crippen LogP contribution in [0.5, 0.6) is 0 Å². The first-order valence-corrected chi connectivity index (χ1v) is 4.85. The van der Waals surface area contributed by atoms with E-state index in [2.05, 4.69) is 4.98 Å². The van der Waals surface area contributed by atoms with Crippen molar-refractivity contribution in [3.63, 3.8) is 0 Å². The van der Waals surface area contributed by atoms with Crippen LogP contribution in [0.15, 0.2) is 12.5 Å². The van der Waals surface area contributed by atoms with E-state index in [4.69, 9.17) is 9.84 Å². The van der Waals surface area contributed by atoms with E-state index in [1.807, 2.05) is 0 Å². The first-order chi connectivity index (χ1) is 8.04. The standard InChI is InChI=1S/C8H11N3O6/c12-2-4-6(13)7(14)8(17-4)10-1-5(9-3-10)11(15)16/h1,3-4,6-8,12-14H,2H2/t4-,6-,7-,8?/m1/s1. The molecule has 0 bridgehead atoms. The van der Waals surface area contributed by atoms with Crippen molar-refractivity contribution in [1.82, 2.24) is 9.55 Å². The summed E-state index contributed by atoms with van der Waals surface area (Å²) < 4.78 is 6.35. The van der Waals surface area contributed by atoms with Crippen LogP contribution in [0.3, 0.4) is 0 Å². The van der Waals surface area contributed by atoms with Crippen molar-refractivity contribution in [2.75, 3.05) is 6.61 Å². The van der Waals surface area contributed by atoms with Crippen molar-refractivity contribution in [3.8, 4) is 0 Å². The van der Waals surface area contributed by atoms with Crippen LogP contribution in [0.2, 0.25) is 0 Å². The highest BCUT2D eigenvalue weighted by atomic mass is 16.6. The maximum absolute atomic E-state index is 10.4. The van der Waals surface area contributed by atoms with Crippen molar-refractivity contribution in [2.45, 2.75) is 24.5 Å². The summed E-state index contributed by atoms with van der Waals surface area (Å²) in [6, 6.07) is 0. The third-order valence-electron chi connectivity index (χ3n) is 2.59. The number of rotatable bonds is 3. The van der Waals surface area contributed by atoms with Gasteiger partial charge >= 0.3 is 5.82 Å². The van der Waals surface area contributed by atoms with Crippen LogP contribution in [0, 0.1) is 10.1 Å². The molecule has 1 aliphatic heterocycles. The molecule has 1 unspecified atom stereocenters. The van der Waals surface area contributed by atoms with Gasteiger partial charge in [-0.2, -0.15) is 0 Å². The molecule has 0 radical (unpaired) electrons. The molecule has 0 saturated carbocycles. The van der Waals surface area contributed by atoms with Crippen LogP contribution in [0.4, 0.5) is 5.82 Å². The molecule has 4 atom stereocenters. The van der Waals surface area contributed by atoms with E-state index in [1.54, 1.807) is 0 Å². The van der Waals surface area contributed by atoms with E-state index in [1.165, 1.54) is 4.57 Å². The van der Waals surface area contributed by atoms with Crippen LogP contribution in [-0.4, -0.2) is 54.7 Å². The number of ether oxygens (including phenoxy) is 1. The SMILES string of the molecule is O=[N+]([O-])c1cn(C2O[C@H](CO)[C@@H](O)[C@H]2O)cn1. The van der Waals surface area contributed by atoms with E-state index in [-0.39, 0.29) is 5.82 Å². The van der Waals surface area contributed by atoms with Gasteiger partial charge < -0.3 is 30.2 Å². The first-order valence-electron chi connectivity index (χ1n) is 4.85. The van der Waals surface area contributed by atoms with E-state index in [0.717, 1.165) is 12.5 Å². The van der Waals surface area contributed by atoms with Gasteiger partial charge in [-0.15, -0.1) is 0 Å². The second-order valence-electron chi connectivity index (χ2n) is 3.67. The fraction of sp³-hybridized carbons (Fsp3) is 0.625. The zero-order valence-electron chi connectivity index (χ0n) is 8.58. The number of nitro groups is 1. The second-order valence-corrected chi connectivity index (χ2v) is 3.67. The Morgan fingerprint density at radius 1 is 1.53 bits per heavy atom. The van der Waals surface area contributed by atoms with Crippen LogP contribution in [-0.2, 0) is 4.74 Å². The molecule has 1 aromatic heterocycles. The molecule has 0 amide bonds. The number of nitrogens with zero attached hydrogens (tertiary/aromatic N) is 3. The monoisotopic (exact) mass is 245 g/mol. The Bertz CT molecular complexity index is 421. The summed E-state index contributed by atoms with van der Waals surface area (Å²) in [6.45, 7) is -0.453. The average molecular weight is 245 g/mol. The van der Waals surface area contributed by atoms with E-state index < -0.39 is 36.1 Å². The quantitative estimate of drug-likeness (QED) is 0.431. The number of hydrogen-bond donors (Lipinski definition) is 3. The molecule has 0 aromatic carbocycles. The second kappa shape index (κ2) is 4.37. The lowest BCUT2D eigenvalue weighted by Gasteiger charge is -2.14. The van der Waals surface area contributed by atoms with Gasteiger partial charge in [0, 0.05) is 0 Å². The number of aromatic nitrogens is 2. The van der Waals surface area contributed by atoms with Crippen molar-refractivity contribution < 1.29 is 25.0 Å². The van der Waals surface area contributed by atoms with Crippen molar-refractivity contribution in [2.24, 2.45) is 0 Å². The molecule has 0 spiro atoms. The Morgan fingerprint density at radius 3 is 2.71 bits per heavy atom. The molecule has 1 fully saturated rings. The maximum Gasteiger partial charge on any atom is 0.381 e. The summed E-state index contributed by atoms with van der Waals surface area (Å²) in [5.41, 5.74) is 0. The lowest BCUT2D eigenvalue weighted by Crippen LogP contribution is -2.33. The third kappa shape index (κ3) is 2.00. The van der Waals surface area contributed by atoms with Crippen LogP contribution in [0.1, 0.15) is 6.23 Å². The van der Waals surface area contributed by atoms with E-state index >= 15 is 0 Å². The predicted octanol–water partition coefficient (Wildman–Crippen LogP) is -1.60. The Morgan fingerprint density at radius 2 is 2.24 bits per heavy atom. The topological polar surface area (TPSA) is 131 Å². The fourth-order valence-electron chi connectivity index (χ4n) is 1.69.